The molecule has 0 saturated carbocycles. The van der Waals surface area contributed by atoms with Crippen LogP contribution in [0.25, 0.3) is 0 Å². The second kappa shape index (κ2) is 2.82. The van der Waals surface area contributed by atoms with Gasteiger partial charge in [-0.05, 0) is 5.21 Å². The molecule has 1 heterocycles. The van der Waals surface area contributed by atoms with Crippen molar-refractivity contribution in [3.8, 4) is 0 Å². The van der Waals surface area contributed by atoms with Crippen LogP contribution in [0.2, 0.25) is 0 Å². The number of tetrazole rings is 1. The summed E-state index contributed by atoms with van der Waals surface area (Å²) in [6.45, 7) is 0. The van der Waals surface area contributed by atoms with Gasteiger partial charge in [-0.15, -0.1) is 10.2 Å². The predicted octanol–water partition coefficient (Wildman–Crippen LogP) is -0.889. The zero-order valence-corrected chi connectivity index (χ0v) is 4.07. The minimum absolute atomic E-state index is 0. The minimum atomic E-state index is 0. The normalized spacial score (nSPS) is 6.67. The van der Waals surface area contributed by atoms with Crippen LogP contribution < -0.4 is 0 Å². The summed E-state index contributed by atoms with van der Waals surface area (Å²) in [5.41, 5.74) is 0. The number of rotatable bonds is 0. The first-order chi connectivity index (χ1) is 2.50. The van der Waals surface area contributed by atoms with Gasteiger partial charge in [0.15, 0.2) is 0 Å². The van der Waals surface area contributed by atoms with Gasteiger partial charge in [0.05, 0.1) is 0 Å². The van der Waals surface area contributed by atoms with Crippen molar-refractivity contribution in [2.75, 3.05) is 0 Å². The van der Waals surface area contributed by atoms with E-state index >= 15 is 0 Å². The Kier molecular flexibility index (Phi) is 2.63. The third-order valence-electron chi connectivity index (χ3n) is 0.239. The number of hydrogen-bond acceptors (Lipinski definition) is 3. The monoisotopic (exact) mass is 100 g/mol. The lowest BCUT2D eigenvalue weighted by Crippen LogP contribution is -1.64. The summed E-state index contributed by atoms with van der Waals surface area (Å²) in [4.78, 5) is 0. The Morgan fingerprint density at radius 1 is 1.67 bits per heavy atom. The Bertz CT molecular complexity index is 70.5. The molecule has 0 fully saturated rings. The maximum Gasteiger partial charge on any atom is 0.245 e. The molecule has 4 nitrogen and oxygen atoms in total. The van der Waals surface area contributed by atoms with Gasteiger partial charge in [-0.1, -0.05) is 0 Å². The van der Waals surface area contributed by atoms with Crippen LogP contribution in [0, 0.1) is 6.33 Å². The second-order valence-corrected chi connectivity index (χ2v) is 0.512. The molecule has 32 valence electrons. The molecule has 0 aromatic carbocycles. The average molecular weight is 100 g/mol. The molecule has 0 bridgehead atoms. The maximum absolute atomic E-state index is 3.25. The van der Waals surface area contributed by atoms with Crippen molar-refractivity contribution in [3.63, 3.8) is 0 Å². The molecule has 1 N–H and O–H groups in total. The Balaban J connectivity index is -0.0000000833. The van der Waals surface area contributed by atoms with Gasteiger partial charge in [-0.2, -0.15) is 5.21 Å². The van der Waals surface area contributed by atoms with Crippen LogP contribution >= 0.6 is 0 Å². The van der Waals surface area contributed by atoms with Gasteiger partial charge in [0.2, 0.25) is 6.33 Å². The number of nitrogens with zero attached hydrogens (tertiary/aromatic N) is 3. The van der Waals surface area contributed by atoms with E-state index in [2.05, 4.69) is 27.0 Å². The summed E-state index contributed by atoms with van der Waals surface area (Å²) in [7, 11) is 0. The van der Waals surface area contributed by atoms with Crippen LogP contribution in [0.1, 0.15) is 2.85 Å². The van der Waals surface area contributed by atoms with E-state index < -0.39 is 0 Å². The molecule has 0 spiro atoms. The lowest BCUT2D eigenvalue weighted by Gasteiger charge is -1.44. The van der Waals surface area contributed by atoms with Crippen molar-refractivity contribution in [2.45, 2.75) is 0 Å². The Labute approximate surface area is 48.0 Å². The molecule has 0 aliphatic heterocycles. The Morgan fingerprint density at radius 3 is 2.67 bits per heavy atom. The van der Waals surface area contributed by atoms with E-state index in [1.807, 2.05) is 0 Å². The van der Waals surface area contributed by atoms with Crippen LogP contribution in [-0.4, -0.2) is 38.0 Å². The smallest absolute Gasteiger partial charge is 0.177 e. The minimum Gasteiger partial charge on any atom is -0.177 e. The fraction of sp³-hybridized carbons (Fsp3) is 0. The van der Waals surface area contributed by atoms with E-state index in [4.69, 9.17) is 0 Å². The molecule has 0 saturated heterocycles. The lowest BCUT2D eigenvalue weighted by molar-refractivity contribution is 0.881. The van der Waals surface area contributed by atoms with Gasteiger partial charge in [0.25, 0.3) is 0 Å². The highest BCUT2D eigenvalue weighted by atomic mass is 27.0. The van der Waals surface area contributed by atoms with Crippen molar-refractivity contribution in [2.24, 2.45) is 0 Å². The van der Waals surface area contributed by atoms with E-state index in [0.717, 1.165) is 0 Å². The SMILES string of the molecule is [Al].[HH].[HH].[c]1nn[nH]n1. The number of H-pyrrole nitrogens is 1. The Hall–Kier alpha value is -0.398. The average Bonchev–Trinajstić information content (AvgIpc) is 1.76. The number of aromatic amines is 1. The van der Waals surface area contributed by atoms with E-state index in [1.165, 1.54) is 0 Å². The first-order valence-electron chi connectivity index (χ1n) is 1.09. The van der Waals surface area contributed by atoms with Crippen molar-refractivity contribution in [1.82, 2.24) is 20.6 Å². The van der Waals surface area contributed by atoms with Gasteiger partial charge in [0.1, 0.15) is 0 Å². The van der Waals surface area contributed by atoms with Crippen LogP contribution in [0.4, 0.5) is 0 Å². The Morgan fingerprint density at radius 2 is 2.50 bits per heavy atom. The van der Waals surface area contributed by atoms with Crippen LogP contribution in [0.3, 0.4) is 0 Å². The summed E-state index contributed by atoms with van der Waals surface area (Å²) in [6, 6.07) is 0. The topological polar surface area (TPSA) is 54.5 Å². The molecule has 6 heavy (non-hydrogen) atoms. The van der Waals surface area contributed by atoms with Crippen molar-refractivity contribution >= 4 is 17.4 Å². The van der Waals surface area contributed by atoms with Crippen molar-refractivity contribution in [1.29, 1.82) is 0 Å². The molecule has 1 rings (SSSR count). The maximum atomic E-state index is 3.25. The van der Waals surface area contributed by atoms with E-state index in [9.17, 15) is 0 Å². The standard InChI is InChI=1S/CHN4.Al.2H2/c1-2-4-5-3-1;;;/h(H,2,3,4,5);;2*1H. The molecule has 4 radical (unpaired) electrons. The van der Waals surface area contributed by atoms with Crippen molar-refractivity contribution < 1.29 is 2.85 Å². The summed E-state index contributed by atoms with van der Waals surface area (Å²) in [5, 5.41) is 11.8. The first-order valence-corrected chi connectivity index (χ1v) is 1.09. The van der Waals surface area contributed by atoms with Gasteiger partial charge in [0, 0.05) is 20.2 Å². The third kappa shape index (κ3) is 1.15. The van der Waals surface area contributed by atoms with Gasteiger partial charge in [-0.3, -0.25) is 0 Å². The number of aromatic nitrogens is 4. The van der Waals surface area contributed by atoms with Crippen LogP contribution in [0.15, 0.2) is 0 Å². The zero-order chi connectivity index (χ0) is 3.54. The number of nitrogens with one attached hydrogen (secondary N) is 1. The van der Waals surface area contributed by atoms with Crippen LogP contribution in [0.5, 0.6) is 0 Å². The van der Waals surface area contributed by atoms with E-state index in [1.54, 1.807) is 0 Å². The molecule has 0 unspecified atom stereocenters. The molecule has 0 aliphatic carbocycles. The fourth-order valence-electron chi connectivity index (χ4n) is 0.112. The predicted molar refractivity (Wildman–Crippen MR) is 23.0 cm³/mol. The third-order valence-corrected chi connectivity index (χ3v) is 0.239. The summed E-state index contributed by atoms with van der Waals surface area (Å²) >= 11 is 0. The first kappa shape index (κ1) is 5.60. The number of hydrogen-bond donors (Lipinski definition) is 1. The molecular weight excluding hydrogens is 95.0 g/mol. The summed E-state index contributed by atoms with van der Waals surface area (Å²) < 4.78 is 0. The highest BCUT2D eigenvalue weighted by molar-refractivity contribution is 5.75. The molecule has 1 aromatic rings. The second-order valence-electron chi connectivity index (χ2n) is 0.512. The quantitative estimate of drug-likeness (QED) is 0.430. The van der Waals surface area contributed by atoms with E-state index in [-0.39, 0.29) is 20.2 Å². The van der Waals surface area contributed by atoms with Gasteiger partial charge < -0.3 is 0 Å². The van der Waals surface area contributed by atoms with Crippen LogP contribution in [-0.2, 0) is 0 Å². The summed E-state index contributed by atoms with van der Waals surface area (Å²) in [6.07, 6.45) is 2.19. The summed E-state index contributed by atoms with van der Waals surface area (Å²) in [5.74, 6) is 0. The molecular formula is CH5AlN4. The molecule has 0 aliphatic rings. The molecule has 1 aromatic heterocycles. The zero-order valence-electron chi connectivity index (χ0n) is 2.92. The highest BCUT2D eigenvalue weighted by Gasteiger charge is 1.61. The molecule has 0 atom stereocenters. The molecule has 5 heteroatoms. The molecule has 0 amide bonds. The van der Waals surface area contributed by atoms with E-state index in [0.29, 0.717) is 0 Å². The lowest BCUT2D eigenvalue weighted by atomic mass is 11.4. The largest absolute Gasteiger partial charge is 0.245 e. The van der Waals surface area contributed by atoms with Gasteiger partial charge >= 0.3 is 0 Å². The fourth-order valence-corrected chi connectivity index (χ4v) is 0.112. The van der Waals surface area contributed by atoms with Crippen molar-refractivity contribution in [3.05, 3.63) is 6.33 Å². The van der Waals surface area contributed by atoms with Gasteiger partial charge in [-0.25, -0.2) is 0 Å². The highest BCUT2D eigenvalue weighted by Crippen LogP contribution is 1.41.